The maximum absolute atomic E-state index is 11.0. The fourth-order valence-electron chi connectivity index (χ4n) is 1.75. The first-order valence-electron chi connectivity index (χ1n) is 4.70. The van der Waals surface area contributed by atoms with Gasteiger partial charge in [-0.15, -0.1) is 0 Å². The van der Waals surface area contributed by atoms with Crippen molar-refractivity contribution in [3.8, 4) is 0 Å². The molecular weight excluding hydrogens is 178 g/mol. The predicted molar refractivity (Wildman–Crippen MR) is 52.7 cm³/mol. The van der Waals surface area contributed by atoms with E-state index >= 15 is 0 Å². The van der Waals surface area contributed by atoms with E-state index in [9.17, 15) is 4.79 Å². The number of fused-ring (bicyclic) bond motifs is 1. The van der Waals surface area contributed by atoms with Gasteiger partial charge < -0.3 is 10.1 Å². The van der Waals surface area contributed by atoms with E-state index in [1.165, 1.54) is 12.5 Å². The van der Waals surface area contributed by atoms with E-state index < -0.39 is 0 Å². The van der Waals surface area contributed by atoms with Crippen molar-refractivity contribution in [2.75, 3.05) is 6.61 Å². The van der Waals surface area contributed by atoms with E-state index in [2.05, 4.69) is 5.32 Å². The zero-order chi connectivity index (χ0) is 9.97. The molecule has 3 heteroatoms. The van der Waals surface area contributed by atoms with E-state index in [-0.39, 0.29) is 11.9 Å². The molecule has 0 aliphatic carbocycles. The Balaban J connectivity index is 2.26. The molecule has 0 saturated heterocycles. The molecule has 0 radical (unpaired) electrons. The van der Waals surface area contributed by atoms with Crippen molar-refractivity contribution in [2.45, 2.75) is 19.6 Å². The number of amides is 1. The average Bonchev–Trinajstić information content (AvgIpc) is 2.18. The van der Waals surface area contributed by atoms with Crippen molar-refractivity contribution in [2.24, 2.45) is 0 Å². The second-order valence-corrected chi connectivity index (χ2v) is 3.47. The fraction of sp³-hybridized carbons (Fsp3) is 0.364. The average molecular weight is 191 g/mol. The van der Waals surface area contributed by atoms with Crippen LogP contribution in [0.4, 0.5) is 0 Å². The summed E-state index contributed by atoms with van der Waals surface area (Å²) in [4.78, 5) is 11.0. The number of ether oxygens (including phenoxy) is 1. The highest BCUT2D eigenvalue weighted by atomic mass is 16.5. The van der Waals surface area contributed by atoms with Gasteiger partial charge in [-0.25, -0.2) is 0 Å². The predicted octanol–water partition coefficient (Wildman–Crippen LogP) is 1.39. The molecular formula is C11H13NO2. The molecule has 14 heavy (non-hydrogen) atoms. The monoisotopic (exact) mass is 191 g/mol. The number of hydrogen-bond acceptors (Lipinski definition) is 2. The van der Waals surface area contributed by atoms with Gasteiger partial charge in [0.15, 0.2) is 0 Å². The smallest absolute Gasteiger partial charge is 0.217 e. The minimum absolute atomic E-state index is 0.0115. The molecule has 1 aromatic carbocycles. The summed E-state index contributed by atoms with van der Waals surface area (Å²) in [6.45, 7) is 2.74. The molecule has 1 atom stereocenters. The lowest BCUT2D eigenvalue weighted by Gasteiger charge is -2.25. The SMILES string of the molecule is CC(=O)NC1COCc2ccccc21. The number of carbonyl (C=O) groups excluding carboxylic acids is 1. The van der Waals surface area contributed by atoms with Gasteiger partial charge in [0.1, 0.15) is 0 Å². The van der Waals surface area contributed by atoms with Crippen LogP contribution >= 0.6 is 0 Å². The lowest BCUT2D eigenvalue weighted by molar-refractivity contribution is -0.120. The number of benzene rings is 1. The van der Waals surface area contributed by atoms with Gasteiger partial charge in [0, 0.05) is 6.92 Å². The molecule has 1 aromatic rings. The Morgan fingerprint density at radius 2 is 2.29 bits per heavy atom. The molecule has 0 aromatic heterocycles. The van der Waals surface area contributed by atoms with E-state index in [1.807, 2.05) is 24.3 Å². The molecule has 1 aliphatic rings. The molecule has 0 bridgehead atoms. The Hall–Kier alpha value is -1.35. The van der Waals surface area contributed by atoms with E-state index in [0.717, 1.165) is 5.56 Å². The molecule has 2 rings (SSSR count). The molecule has 1 heterocycles. The second-order valence-electron chi connectivity index (χ2n) is 3.47. The largest absolute Gasteiger partial charge is 0.374 e. The van der Waals surface area contributed by atoms with Gasteiger partial charge in [-0.05, 0) is 11.1 Å². The van der Waals surface area contributed by atoms with E-state index in [4.69, 9.17) is 4.74 Å². The highest BCUT2D eigenvalue weighted by Crippen LogP contribution is 2.23. The molecule has 0 fully saturated rings. The first-order chi connectivity index (χ1) is 6.77. The summed E-state index contributed by atoms with van der Waals surface area (Å²) in [5.74, 6) is -0.0182. The Labute approximate surface area is 83.1 Å². The fourth-order valence-corrected chi connectivity index (χ4v) is 1.75. The molecule has 1 N–H and O–H groups in total. The first-order valence-corrected chi connectivity index (χ1v) is 4.70. The summed E-state index contributed by atoms with van der Waals surface area (Å²) < 4.78 is 5.39. The van der Waals surface area contributed by atoms with Crippen LogP contribution in [0.15, 0.2) is 24.3 Å². The normalized spacial score (nSPS) is 19.9. The van der Waals surface area contributed by atoms with Crippen LogP contribution in [0.3, 0.4) is 0 Å². The van der Waals surface area contributed by atoms with Crippen molar-refractivity contribution in [3.05, 3.63) is 35.4 Å². The van der Waals surface area contributed by atoms with Crippen molar-refractivity contribution < 1.29 is 9.53 Å². The molecule has 1 amide bonds. The van der Waals surface area contributed by atoms with Gasteiger partial charge in [-0.1, -0.05) is 24.3 Å². The van der Waals surface area contributed by atoms with Gasteiger partial charge in [0.2, 0.25) is 5.91 Å². The van der Waals surface area contributed by atoms with Crippen molar-refractivity contribution >= 4 is 5.91 Å². The summed E-state index contributed by atoms with van der Waals surface area (Å²) >= 11 is 0. The van der Waals surface area contributed by atoms with Gasteiger partial charge in [-0.2, -0.15) is 0 Å². The van der Waals surface area contributed by atoms with Crippen LogP contribution in [0.1, 0.15) is 24.1 Å². The zero-order valence-electron chi connectivity index (χ0n) is 8.12. The van der Waals surface area contributed by atoms with Crippen molar-refractivity contribution in [1.82, 2.24) is 5.32 Å². The van der Waals surface area contributed by atoms with Gasteiger partial charge >= 0.3 is 0 Å². The Kier molecular flexibility index (Phi) is 2.50. The van der Waals surface area contributed by atoms with Gasteiger partial charge in [0.25, 0.3) is 0 Å². The maximum Gasteiger partial charge on any atom is 0.217 e. The minimum Gasteiger partial charge on any atom is -0.374 e. The number of hydrogen-bond donors (Lipinski definition) is 1. The van der Waals surface area contributed by atoms with Gasteiger partial charge in [0.05, 0.1) is 19.3 Å². The number of nitrogens with one attached hydrogen (secondary N) is 1. The van der Waals surface area contributed by atoms with E-state index in [0.29, 0.717) is 13.2 Å². The van der Waals surface area contributed by atoms with Crippen LogP contribution < -0.4 is 5.32 Å². The Morgan fingerprint density at radius 3 is 3.07 bits per heavy atom. The third-order valence-corrected chi connectivity index (χ3v) is 2.35. The Bertz CT molecular complexity index is 349. The third-order valence-electron chi connectivity index (χ3n) is 2.35. The summed E-state index contributed by atoms with van der Waals surface area (Å²) in [5, 5.41) is 2.87. The summed E-state index contributed by atoms with van der Waals surface area (Å²) in [6, 6.07) is 8.05. The van der Waals surface area contributed by atoms with Gasteiger partial charge in [-0.3, -0.25) is 4.79 Å². The van der Waals surface area contributed by atoms with Crippen LogP contribution in [-0.2, 0) is 16.1 Å². The number of rotatable bonds is 1. The summed E-state index contributed by atoms with van der Waals surface area (Å²) in [7, 11) is 0. The van der Waals surface area contributed by atoms with Crippen LogP contribution in [0, 0.1) is 0 Å². The molecule has 1 unspecified atom stereocenters. The highest BCUT2D eigenvalue weighted by Gasteiger charge is 2.20. The van der Waals surface area contributed by atoms with Crippen LogP contribution in [0.25, 0.3) is 0 Å². The van der Waals surface area contributed by atoms with Crippen LogP contribution in [0.2, 0.25) is 0 Å². The van der Waals surface area contributed by atoms with E-state index in [1.54, 1.807) is 0 Å². The van der Waals surface area contributed by atoms with Crippen LogP contribution in [-0.4, -0.2) is 12.5 Å². The topological polar surface area (TPSA) is 38.3 Å². The molecule has 0 spiro atoms. The van der Waals surface area contributed by atoms with Crippen LogP contribution in [0.5, 0.6) is 0 Å². The summed E-state index contributed by atoms with van der Waals surface area (Å²) in [5.41, 5.74) is 2.34. The van der Waals surface area contributed by atoms with Crippen molar-refractivity contribution in [1.29, 1.82) is 0 Å². The molecule has 3 nitrogen and oxygen atoms in total. The lowest BCUT2D eigenvalue weighted by atomic mass is 9.99. The van der Waals surface area contributed by atoms with Crippen molar-refractivity contribution in [3.63, 3.8) is 0 Å². The molecule has 0 saturated carbocycles. The minimum atomic E-state index is -0.0182. The second kappa shape index (κ2) is 3.80. The highest BCUT2D eigenvalue weighted by molar-refractivity contribution is 5.73. The quantitative estimate of drug-likeness (QED) is 0.728. The zero-order valence-corrected chi connectivity index (χ0v) is 8.12. The number of carbonyl (C=O) groups is 1. The summed E-state index contributed by atoms with van der Waals surface area (Å²) in [6.07, 6.45) is 0. The lowest BCUT2D eigenvalue weighted by Crippen LogP contribution is -2.32. The molecule has 74 valence electrons. The third kappa shape index (κ3) is 1.77. The molecule has 1 aliphatic heterocycles. The Morgan fingerprint density at radius 1 is 1.50 bits per heavy atom. The maximum atomic E-state index is 11.0. The standard InChI is InChI=1S/C11H13NO2/c1-8(13)12-11-7-14-6-9-4-2-3-5-10(9)11/h2-5,11H,6-7H2,1H3,(H,12,13). The first kappa shape index (κ1) is 9.21.